The van der Waals surface area contributed by atoms with Gasteiger partial charge in [-0.3, -0.25) is 0 Å². The number of hydrogen-bond donors (Lipinski definition) is 2. The standard InChI is InChI=1S/C14H14FNO2/c15-12-6-1-2-7-14(12)18-9-13(17)10-4-3-5-11(16)8-10/h1-8,13,17H,9,16H2. The molecule has 0 heterocycles. The summed E-state index contributed by atoms with van der Waals surface area (Å²) in [7, 11) is 0. The third-order valence-electron chi connectivity index (χ3n) is 2.53. The summed E-state index contributed by atoms with van der Waals surface area (Å²) in [4.78, 5) is 0. The van der Waals surface area contributed by atoms with Crippen LogP contribution in [0.1, 0.15) is 11.7 Å². The van der Waals surface area contributed by atoms with Crippen molar-refractivity contribution in [2.75, 3.05) is 12.3 Å². The van der Waals surface area contributed by atoms with E-state index >= 15 is 0 Å². The first-order valence-electron chi connectivity index (χ1n) is 5.57. The molecule has 2 aromatic carbocycles. The van der Waals surface area contributed by atoms with Crippen LogP contribution < -0.4 is 10.5 Å². The van der Waals surface area contributed by atoms with Gasteiger partial charge in [0, 0.05) is 5.69 Å². The zero-order valence-corrected chi connectivity index (χ0v) is 9.71. The number of rotatable bonds is 4. The molecule has 0 bridgehead atoms. The Morgan fingerprint density at radius 3 is 2.67 bits per heavy atom. The maximum atomic E-state index is 13.3. The minimum absolute atomic E-state index is 0.0234. The van der Waals surface area contributed by atoms with Gasteiger partial charge >= 0.3 is 0 Å². The fourth-order valence-electron chi connectivity index (χ4n) is 1.59. The quantitative estimate of drug-likeness (QED) is 0.816. The summed E-state index contributed by atoms with van der Waals surface area (Å²) < 4.78 is 18.5. The lowest BCUT2D eigenvalue weighted by Gasteiger charge is -2.13. The molecule has 3 N–H and O–H groups in total. The first-order chi connectivity index (χ1) is 8.66. The van der Waals surface area contributed by atoms with Crippen LogP contribution in [0.4, 0.5) is 10.1 Å². The second-order valence-electron chi connectivity index (χ2n) is 3.93. The molecule has 1 unspecified atom stereocenters. The molecule has 18 heavy (non-hydrogen) atoms. The lowest BCUT2D eigenvalue weighted by Crippen LogP contribution is -2.10. The van der Waals surface area contributed by atoms with Crippen molar-refractivity contribution in [3.05, 3.63) is 59.9 Å². The van der Waals surface area contributed by atoms with E-state index in [0.717, 1.165) is 0 Å². The number of nitrogen functional groups attached to an aromatic ring is 1. The maximum Gasteiger partial charge on any atom is 0.165 e. The van der Waals surface area contributed by atoms with Crippen molar-refractivity contribution in [1.82, 2.24) is 0 Å². The van der Waals surface area contributed by atoms with Crippen molar-refractivity contribution in [3.63, 3.8) is 0 Å². The monoisotopic (exact) mass is 247 g/mol. The SMILES string of the molecule is Nc1cccc(C(O)COc2ccccc2F)c1. The third-order valence-corrected chi connectivity index (χ3v) is 2.53. The Kier molecular flexibility index (Phi) is 3.79. The number of benzene rings is 2. The first kappa shape index (κ1) is 12.4. The van der Waals surface area contributed by atoms with E-state index in [1.807, 2.05) is 0 Å². The van der Waals surface area contributed by atoms with E-state index in [-0.39, 0.29) is 12.4 Å². The van der Waals surface area contributed by atoms with Gasteiger partial charge in [-0.05, 0) is 29.8 Å². The van der Waals surface area contributed by atoms with E-state index in [9.17, 15) is 9.50 Å². The van der Waals surface area contributed by atoms with Crippen molar-refractivity contribution >= 4 is 5.69 Å². The van der Waals surface area contributed by atoms with Crippen molar-refractivity contribution in [2.45, 2.75) is 6.10 Å². The molecule has 4 heteroatoms. The molecule has 0 spiro atoms. The summed E-state index contributed by atoms with van der Waals surface area (Å²) >= 11 is 0. The van der Waals surface area contributed by atoms with Crippen LogP contribution in [0.2, 0.25) is 0 Å². The normalized spacial score (nSPS) is 12.1. The highest BCUT2D eigenvalue weighted by molar-refractivity contribution is 5.41. The number of anilines is 1. The zero-order valence-electron chi connectivity index (χ0n) is 9.71. The molecule has 0 aliphatic carbocycles. The van der Waals surface area contributed by atoms with E-state index in [1.165, 1.54) is 12.1 Å². The molecule has 2 aromatic rings. The molecule has 1 atom stereocenters. The molecule has 3 nitrogen and oxygen atoms in total. The van der Waals surface area contributed by atoms with Gasteiger partial charge in [0.25, 0.3) is 0 Å². The summed E-state index contributed by atoms with van der Waals surface area (Å²) in [6.07, 6.45) is -0.840. The number of aliphatic hydroxyl groups excluding tert-OH is 1. The summed E-state index contributed by atoms with van der Waals surface area (Å²) in [6, 6.07) is 13.0. The fraction of sp³-hybridized carbons (Fsp3) is 0.143. The molecular weight excluding hydrogens is 233 g/mol. The van der Waals surface area contributed by atoms with Crippen LogP contribution in [-0.4, -0.2) is 11.7 Å². The topological polar surface area (TPSA) is 55.5 Å². The predicted octanol–water partition coefficient (Wildman–Crippen LogP) is 2.52. The number of ether oxygens (including phenoxy) is 1. The number of aliphatic hydroxyl groups is 1. The fourth-order valence-corrected chi connectivity index (χ4v) is 1.59. The van der Waals surface area contributed by atoms with Gasteiger partial charge < -0.3 is 15.6 Å². The Morgan fingerprint density at radius 1 is 1.17 bits per heavy atom. The van der Waals surface area contributed by atoms with E-state index in [4.69, 9.17) is 10.5 Å². The summed E-state index contributed by atoms with van der Waals surface area (Å²) in [5.41, 5.74) is 6.83. The van der Waals surface area contributed by atoms with Crippen LogP contribution in [-0.2, 0) is 0 Å². The molecule has 0 saturated carbocycles. The van der Waals surface area contributed by atoms with Crippen LogP contribution in [0.3, 0.4) is 0 Å². The minimum atomic E-state index is -0.840. The number of para-hydroxylation sites is 1. The third kappa shape index (κ3) is 2.99. The Bertz CT molecular complexity index is 531. The number of halogens is 1. The molecule has 0 fully saturated rings. The first-order valence-corrected chi connectivity index (χ1v) is 5.57. The van der Waals surface area contributed by atoms with Gasteiger partial charge in [-0.2, -0.15) is 0 Å². The highest BCUT2D eigenvalue weighted by Crippen LogP contribution is 2.20. The molecule has 94 valence electrons. The molecular formula is C14H14FNO2. The predicted molar refractivity (Wildman–Crippen MR) is 67.7 cm³/mol. The lowest BCUT2D eigenvalue weighted by molar-refractivity contribution is 0.106. The van der Waals surface area contributed by atoms with Crippen molar-refractivity contribution in [3.8, 4) is 5.75 Å². The van der Waals surface area contributed by atoms with Gasteiger partial charge in [0.05, 0.1) is 0 Å². The number of nitrogens with two attached hydrogens (primary N) is 1. The smallest absolute Gasteiger partial charge is 0.165 e. The average Bonchev–Trinajstić information content (AvgIpc) is 2.37. The van der Waals surface area contributed by atoms with E-state index in [0.29, 0.717) is 11.3 Å². The van der Waals surface area contributed by atoms with Gasteiger partial charge in [0.1, 0.15) is 12.7 Å². The van der Waals surface area contributed by atoms with E-state index in [1.54, 1.807) is 36.4 Å². The molecule has 2 rings (SSSR count). The highest BCUT2D eigenvalue weighted by atomic mass is 19.1. The van der Waals surface area contributed by atoms with Crippen molar-refractivity contribution < 1.29 is 14.2 Å². The molecule has 0 aromatic heterocycles. The van der Waals surface area contributed by atoms with Gasteiger partial charge in [-0.1, -0.05) is 24.3 Å². The van der Waals surface area contributed by atoms with Gasteiger partial charge in [0.15, 0.2) is 11.6 Å². The lowest BCUT2D eigenvalue weighted by atomic mass is 10.1. The molecule has 0 aliphatic rings. The summed E-state index contributed by atoms with van der Waals surface area (Å²) in [6.45, 7) is -0.0234. The van der Waals surface area contributed by atoms with Gasteiger partial charge in [0.2, 0.25) is 0 Å². The van der Waals surface area contributed by atoms with E-state index in [2.05, 4.69) is 0 Å². The number of hydrogen-bond acceptors (Lipinski definition) is 3. The van der Waals surface area contributed by atoms with Crippen molar-refractivity contribution in [2.24, 2.45) is 0 Å². The molecule has 0 aliphatic heterocycles. The maximum absolute atomic E-state index is 13.3. The largest absolute Gasteiger partial charge is 0.487 e. The second kappa shape index (κ2) is 5.51. The van der Waals surface area contributed by atoms with Crippen molar-refractivity contribution in [1.29, 1.82) is 0 Å². The van der Waals surface area contributed by atoms with E-state index < -0.39 is 11.9 Å². The summed E-state index contributed by atoms with van der Waals surface area (Å²) in [5.74, 6) is -0.322. The molecule has 0 radical (unpaired) electrons. The Balaban J connectivity index is 2.00. The van der Waals surface area contributed by atoms with Crippen LogP contribution in [0.25, 0.3) is 0 Å². The van der Waals surface area contributed by atoms with Gasteiger partial charge in [-0.25, -0.2) is 4.39 Å². The Labute approximate surface area is 105 Å². The highest BCUT2D eigenvalue weighted by Gasteiger charge is 2.10. The summed E-state index contributed by atoms with van der Waals surface area (Å²) in [5, 5.41) is 9.89. The Hall–Kier alpha value is -2.07. The second-order valence-corrected chi connectivity index (χ2v) is 3.93. The van der Waals surface area contributed by atoms with Crippen LogP contribution in [0.15, 0.2) is 48.5 Å². The minimum Gasteiger partial charge on any atom is -0.487 e. The average molecular weight is 247 g/mol. The van der Waals surface area contributed by atoms with Crippen LogP contribution in [0.5, 0.6) is 5.75 Å². The molecule has 0 amide bonds. The van der Waals surface area contributed by atoms with Gasteiger partial charge in [-0.15, -0.1) is 0 Å². The van der Waals surface area contributed by atoms with Crippen LogP contribution in [0, 0.1) is 5.82 Å². The van der Waals surface area contributed by atoms with Crippen LogP contribution >= 0.6 is 0 Å². The zero-order chi connectivity index (χ0) is 13.0. The molecule has 0 saturated heterocycles. The Morgan fingerprint density at radius 2 is 1.94 bits per heavy atom.